The fourth-order valence-corrected chi connectivity index (χ4v) is 2.37. The molecule has 1 fully saturated rings. The van der Waals surface area contributed by atoms with Crippen LogP contribution < -0.4 is 10.2 Å². The predicted octanol–water partition coefficient (Wildman–Crippen LogP) is 1.70. The molecule has 0 spiro atoms. The van der Waals surface area contributed by atoms with E-state index in [9.17, 15) is 9.59 Å². The van der Waals surface area contributed by atoms with Gasteiger partial charge in [-0.25, -0.2) is 0 Å². The first-order valence-corrected chi connectivity index (χ1v) is 7.44. The SMILES string of the molecule is CC(O)CCNC(=O)c1ccc(N2CCCCC2=O)cc1. The average Bonchev–Trinajstić information content (AvgIpc) is 2.47. The summed E-state index contributed by atoms with van der Waals surface area (Å²) in [6, 6.07) is 7.09. The van der Waals surface area contributed by atoms with Crippen LogP contribution in [0.25, 0.3) is 0 Å². The summed E-state index contributed by atoms with van der Waals surface area (Å²) < 4.78 is 0. The van der Waals surface area contributed by atoms with E-state index in [1.807, 2.05) is 12.1 Å². The Morgan fingerprint density at radius 1 is 1.33 bits per heavy atom. The zero-order valence-corrected chi connectivity index (χ0v) is 12.3. The highest BCUT2D eigenvalue weighted by molar-refractivity contribution is 5.96. The molecule has 114 valence electrons. The second kappa shape index (κ2) is 7.22. The lowest BCUT2D eigenvalue weighted by atomic mass is 10.1. The minimum Gasteiger partial charge on any atom is -0.393 e. The maximum Gasteiger partial charge on any atom is 0.251 e. The van der Waals surface area contributed by atoms with Gasteiger partial charge in [0.15, 0.2) is 0 Å². The Kier molecular flexibility index (Phi) is 5.33. The summed E-state index contributed by atoms with van der Waals surface area (Å²) in [6.07, 6.45) is 2.69. The number of nitrogens with zero attached hydrogens (tertiary/aromatic N) is 1. The number of nitrogens with one attached hydrogen (secondary N) is 1. The first-order valence-electron chi connectivity index (χ1n) is 7.44. The summed E-state index contributed by atoms with van der Waals surface area (Å²) in [5.74, 6) is -0.0115. The van der Waals surface area contributed by atoms with Crippen molar-refractivity contribution in [2.24, 2.45) is 0 Å². The zero-order valence-electron chi connectivity index (χ0n) is 12.3. The van der Waals surface area contributed by atoms with Crippen molar-refractivity contribution in [1.82, 2.24) is 5.32 Å². The van der Waals surface area contributed by atoms with Crippen molar-refractivity contribution >= 4 is 17.5 Å². The van der Waals surface area contributed by atoms with E-state index in [0.29, 0.717) is 24.9 Å². The summed E-state index contributed by atoms with van der Waals surface area (Å²) in [5.41, 5.74) is 1.41. The maximum atomic E-state index is 11.9. The third-order valence-electron chi connectivity index (χ3n) is 3.61. The topological polar surface area (TPSA) is 69.6 Å². The van der Waals surface area contributed by atoms with E-state index >= 15 is 0 Å². The molecule has 5 nitrogen and oxygen atoms in total. The first-order chi connectivity index (χ1) is 10.1. The highest BCUT2D eigenvalue weighted by Gasteiger charge is 2.19. The molecule has 0 radical (unpaired) electrons. The highest BCUT2D eigenvalue weighted by Crippen LogP contribution is 2.21. The van der Waals surface area contributed by atoms with E-state index in [0.717, 1.165) is 25.1 Å². The third-order valence-corrected chi connectivity index (χ3v) is 3.61. The van der Waals surface area contributed by atoms with Gasteiger partial charge in [-0.1, -0.05) is 0 Å². The standard InChI is InChI=1S/C16H22N2O3/c1-12(19)9-10-17-16(21)13-5-7-14(8-6-13)18-11-3-2-4-15(18)20/h5-8,12,19H,2-4,9-11H2,1H3,(H,17,21). The van der Waals surface area contributed by atoms with Gasteiger partial charge in [0.25, 0.3) is 5.91 Å². The molecule has 1 unspecified atom stereocenters. The van der Waals surface area contributed by atoms with Crippen molar-refractivity contribution in [3.05, 3.63) is 29.8 Å². The van der Waals surface area contributed by atoms with E-state index < -0.39 is 6.10 Å². The molecule has 0 aliphatic carbocycles. The molecule has 5 heteroatoms. The number of piperidine rings is 1. The van der Waals surface area contributed by atoms with Crippen molar-refractivity contribution in [3.8, 4) is 0 Å². The number of carbonyl (C=O) groups is 2. The van der Waals surface area contributed by atoms with Crippen LogP contribution in [0, 0.1) is 0 Å². The number of anilines is 1. The number of benzene rings is 1. The third kappa shape index (κ3) is 4.29. The summed E-state index contributed by atoms with van der Waals surface area (Å²) in [4.78, 5) is 25.5. The van der Waals surface area contributed by atoms with Crippen LogP contribution in [0.1, 0.15) is 43.0 Å². The maximum absolute atomic E-state index is 11.9. The molecular weight excluding hydrogens is 268 g/mol. The Morgan fingerprint density at radius 3 is 2.67 bits per heavy atom. The van der Waals surface area contributed by atoms with Gasteiger partial charge in [-0.2, -0.15) is 0 Å². The minimum absolute atomic E-state index is 0.149. The molecule has 2 rings (SSSR count). The Labute approximate surface area is 125 Å². The van der Waals surface area contributed by atoms with Crippen LogP contribution in [0.5, 0.6) is 0 Å². The molecule has 2 N–H and O–H groups in total. The first kappa shape index (κ1) is 15.5. The van der Waals surface area contributed by atoms with Crippen molar-refractivity contribution in [2.75, 3.05) is 18.0 Å². The van der Waals surface area contributed by atoms with E-state index in [1.54, 1.807) is 24.0 Å². The molecule has 21 heavy (non-hydrogen) atoms. The molecule has 0 saturated carbocycles. The molecular formula is C16H22N2O3. The second-order valence-corrected chi connectivity index (χ2v) is 5.44. The molecule has 1 heterocycles. The molecule has 1 saturated heterocycles. The van der Waals surface area contributed by atoms with Crippen LogP contribution in [0.3, 0.4) is 0 Å². The zero-order chi connectivity index (χ0) is 15.2. The van der Waals surface area contributed by atoms with E-state index in [-0.39, 0.29) is 11.8 Å². The molecule has 0 aromatic heterocycles. The van der Waals surface area contributed by atoms with Gasteiger partial charge in [-0.05, 0) is 50.5 Å². The average molecular weight is 290 g/mol. The number of amides is 2. The smallest absolute Gasteiger partial charge is 0.251 e. The molecule has 1 aliphatic rings. The molecule has 1 aromatic carbocycles. The monoisotopic (exact) mass is 290 g/mol. The Hall–Kier alpha value is -1.88. The number of hydrogen-bond donors (Lipinski definition) is 2. The van der Waals surface area contributed by atoms with Crippen molar-refractivity contribution in [3.63, 3.8) is 0 Å². The summed E-state index contributed by atoms with van der Waals surface area (Å²) >= 11 is 0. The summed E-state index contributed by atoms with van der Waals surface area (Å²) in [6.45, 7) is 2.89. The van der Waals surface area contributed by atoms with E-state index in [1.165, 1.54) is 0 Å². The quantitative estimate of drug-likeness (QED) is 0.867. The van der Waals surface area contributed by atoms with Gasteiger partial charge in [-0.15, -0.1) is 0 Å². The van der Waals surface area contributed by atoms with Crippen LogP contribution >= 0.6 is 0 Å². The van der Waals surface area contributed by atoms with Crippen LogP contribution in [0.2, 0.25) is 0 Å². The van der Waals surface area contributed by atoms with Gasteiger partial charge in [0, 0.05) is 30.8 Å². The van der Waals surface area contributed by atoms with Gasteiger partial charge in [0.1, 0.15) is 0 Å². The molecule has 2 amide bonds. The summed E-state index contributed by atoms with van der Waals surface area (Å²) in [7, 11) is 0. The van der Waals surface area contributed by atoms with E-state index in [2.05, 4.69) is 5.32 Å². The number of carbonyl (C=O) groups excluding carboxylic acids is 2. The lowest BCUT2D eigenvalue weighted by molar-refractivity contribution is -0.119. The van der Waals surface area contributed by atoms with Gasteiger partial charge in [0.2, 0.25) is 5.91 Å². The van der Waals surface area contributed by atoms with Crippen molar-refractivity contribution < 1.29 is 14.7 Å². The fourth-order valence-electron chi connectivity index (χ4n) is 2.37. The minimum atomic E-state index is -0.419. The van der Waals surface area contributed by atoms with Crippen LogP contribution in [0.15, 0.2) is 24.3 Å². The lowest BCUT2D eigenvalue weighted by Gasteiger charge is -2.26. The molecule has 1 aliphatic heterocycles. The van der Waals surface area contributed by atoms with Crippen LogP contribution in [-0.2, 0) is 4.79 Å². The fraction of sp³-hybridized carbons (Fsp3) is 0.500. The second-order valence-electron chi connectivity index (χ2n) is 5.44. The number of hydrogen-bond acceptors (Lipinski definition) is 3. The van der Waals surface area contributed by atoms with Crippen LogP contribution in [-0.4, -0.2) is 36.1 Å². The normalized spacial score (nSPS) is 16.7. The lowest BCUT2D eigenvalue weighted by Crippen LogP contribution is -2.35. The summed E-state index contributed by atoms with van der Waals surface area (Å²) in [5, 5.41) is 11.9. The predicted molar refractivity (Wildman–Crippen MR) is 81.3 cm³/mol. The largest absolute Gasteiger partial charge is 0.393 e. The van der Waals surface area contributed by atoms with Crippen molar-refractivity contribution in [2.45, 2.75) is 38.7 Å². The van der Waals surface area contributed by atoms with Gasteiger partial charge < -0.3 is 15.3 Å². The highest BCUT2D eigenvalue weighted by atomic mass is 16.3. The Balaban J connectivity index is 1.95. The Bertz CT molecular complexity index is 497. The van der Waals surface area contributed by atoms with Gasteiger partial charge in [-0.3, -0.25) is 9.59 Å². The van der Waals surface area contributed by atoms with E-state index in [4.69, 9.17) is 5.11 Å². The number of rotatable bonds is 5. The number of aliphatic hydroxyl groups excluding tert-OH is 1. The number of aliphatic hydroxyl groups is 1. The van der Waals surface area contributed by atoms with Crippen LogP contribution in [0.4, 0.5) is 5.69 Å². The van der Waals surface area contributed by atoms with Gasteiger partial charge in [0.05, 0.1) is 6.10 Å². The van der Waals surface area contributed by atoms with Gasteiger partial charge >= 0.3 is 0 Å². The molecule has 1 atom stereocenters. The Morgan fingerprint density at radius 2 is 2.05 bits per heavy atom. The molecule has 0 bridgehead atoms. The molecule has 1 aromatic rings. The van der Waals surface area contributed by atoms with Crippen molar-refractivity contribution in [1.29, 1.82) is 0 Å².